The van der Waals surface area contributed by atoms with Crippen molar-refractivity contribution in [1.29, 1.82) is 0 Å². The van der Waals surface area contributed by atoms with Gasteiger partial charge in [0, 0.05) is 34.3 Å². The Labute approximate surface area is 253 Å². The SMILES string of the molecule is C=C(CCCCCC)C1CO1.CCCCCCC1=CCOC1.O=C(C=C(O)c1ccccc1)c1ccccc1.[Cu]. The molecule has 0 aliphatic carbocycles. The van der Waals surface area contributed by atoms with E-state index in [4.69, 9.17) is 9.47 Å². The zero-order valence-electron chi connectivity index (χ0n) is 24.4. The second kappa shape index (κ2) is 22.3. The van der Waals surface area contributed by atoms with E-state index >= 15 is 0 Å². The van der Waals surface area contributed by atoms with Crippen LogP contribution in [0.5, 0.6) is 0 Å². The zero-order valence-corrected chi connectivity index (χ0v) is 25.3. The molecule has 2 heterocycles. The number of ether oxygens (including phenoxy) is 2. The normalized spacial score (nSPS) is 15.4. The number of carbonyl (C=O) groups is 1. The Balaban J connectivity index is 0.000000308. The predicted molar refractivity (Wildman–Crippen MR) is 163 cm³/mol. The summed E-state index contributed by atoms with van der Waals surface area (Å²) in [5.41, 5.74) is 4.02. The average Bonchev–Trinajstić information content (AvgIpc) is 3.70. The molecular formula is C35H48CuO4. The summed E-state index contributed by atoms with van der Waals surface area (Å²) in [6.45, 7) is 11.1. The van der Waals surface area contributed by atoms with Crippen LogP contribution < -0.4 is 0 Å². The molecule has 1 fully saturated rings. The minimum absolute atomic E-state index is 0. The number of ketones is 1. The van der Waals surface area contributed by atoms with Gasteiger partial charge in [-0.05, 0) is 36.8 Å². The monoisotopic (exact) mass is 595 g/mol. The molecular weight excluding hydrogens is 548 g/mol. The van der Waals surface area contributed by atoms with E-state index < -0.39 is 0 Å². The largest absolute Gasteiger partial charge is 0.507 e. The molecule has 0 bridgehead atoms. The van der Waals surface area contributed by atoms with Crippen LogP contribution in [-0.4, -0.2) is 36.8 Å². The molecule has 1 saturated heterocycles. The van der Waals surface area contributed by atoms with Crippen molar-refractivity contribution in [3.05, 3.63) is 102 Å². The van der Waals surface area contributed by atoms with E-state index in [1.807, 2.05) is 24.3 Å². The summed E-state index contributed by atoms with van der Waals surface area (Å²) in [4.78, 5) is 11.8. The average molecular weight is 596 g/mol. The van der Waals surface area contributed by atoms with Crippen molar-refractivity contribution in [2.24, 2.45) is 0 Å². The molecule has 4 nitrogen and oxygen atoms in total. The summed E-state index contributed by atoms with van der Waals surface area (Å²) in [6, 6.07) is 17.9. The van der Waals surface area contributed by atoms with Gasteiger partial charge in [0.15, 0.2) is 5.78 Å². The summed E-state index contributed by atoms with van der Waals surface area (Å²) in [6.07, 6.45) is 17.1. The van der Waals surface area contributed by atoms with Gasteiger partial charge in [-0.25, -0.2) is 0 Å². The van der Waals surface area contributed by atoms with Crippen LogP contribution in [-0.2, 0) is 26.5 Å². The molecule has 0 amide bonds. The second-order valence-corrected chi connectivity index (χ2v) is 10.1. The fourth-order valence-electron chi connectivity index (χ4n) is 4.10. The fourth-order valence-corrected chi connectivity index (χ4v) is 4.10. The molecule has 1 N–H and O–H groups in total. The van der Waals surface area contributed by atoms with Gasteiger partial charge >= 0.3 is 0 Å². The van der Waals surface area contributed by atoms with Crippen LogP contribution in [0.15, 0.2) is 90.5 Å². The molecule has 1 unspecified atom stereocenters. The van der Waals surface area contributed by atoms with E-state index in [2.05, 4.69) is 26.5 Å². The van der Waals surface area contributed by atoms with Gasteiger partial charge in [-0.1, -0.05) is 126 Å². The number of aliphatic hydroxyl groups excluding tert-OH is 1. The Morgan fingerprint density at radius 3 is 2.00 bits per heavy atom. The Hall–Kier alpha value is -2.43. The summed E-state index contributed by atoms with van der Waals surface area (Å²) in [5, 5.41) is 9.79. The summed E-state index contributed by atoms with van der Waals surface area (Å²) in [7, 11) is 0. The summed E-state index contributed by atoms with van der Waals surface area (Å²) in [5.74, 6) is -0.216. The maximum absolute atomic E-state index is 11.8. The first-order chi connectivity index (χ1) is 19.0. The van der Waals surface area contributed by atoms with Crippen LogP contribution in [0.2, 0.25) is 0 Å². The third-order valence-corrected chi connectivity index (χ3v) is 6.66. The number of rotatable bonds is 14. The Bertz CT molecular complexity index is 1010. The molecule has 2 aromatic carbocycles. The van der Waals surface area contributed by atoms with Crippen LogP contribution in [0, 0.1) is 0 Å². The van der Waals surface area contributed by atoms with Gasteiger partial charge in [0.1, 0.15) is 11.9 Å². The Kier molecular flexibility index (Phi) is 19.8. The molecule has 223 valence electrons. The number of unbranched alkanes of at least 4 members (excludes halogenated alkanes) is 6. The minimum atomic E-state index is -0.202. The standard InChI is InChI=1S/C15H12O2.2C10H18O.Cu/c16-14(12-7-3-1-4-8-12)11-15(17)13-9-5-2-6-10-13;1-3-4-5-6-7-9(2)10-8-11-10;1-2-3-4-5-6-10-7-8-11-9-10;/h1-11,16H;10H,2-8H2,1H3;7H,2-6,8-9H2,1H3;. The number of hydrogen-bond donors (Lipinski definition) is 1. The van der Waals surface area contributed by atoms with Crippen molar-refractivity contribution in [1.82, 2.24) is 0 Å². The molecule has 1 atom stereocenters. The zero-order chi connectivity index (χ0) is 28.1. The van der Waals surface area contributed by atoms with E-state index in [0.29, 0.717) is 17.2 Å². The second-order valence-electron chi connectivity index (χ2n) is 10.1. The van der Waals surface area contributed by atoms with Crippen LogP contribution >= 0.6 is 0 Å². The molecule has 0 spiro atoms. The van der Waals surface area contributed by atoms with Crippen molar-refractivity contribution in [2.75, 3.05) is 19.8 Å². The quantitative estimate of drug-likeness (QED) is 0.0449. The molecule has 0 saturated carbocycles. The minimum Gasteiger partial charge on any atom is -0.507 e. The van der Waals surface area contributed by atoms with Gasteiger partial charge in [-0.3, -0.25) is 4.79 Å². The molecule has 0 aromatic heterocycles. The molecule has 5 heteroatoms. The Morgan fingerprint density at radius 1 is 0.900 bits per heavy atom. The van der Waals surface area contributed by atoms with E-state index in [0.717, 1.165) is 19.8 Å². The maximum Gasteiger partial charge on any atom is 0.189 e. The first kappa shape index (κ1) is 35.6. The van der Waals surface area contributed by atoms with Crippen molar-refractivity contribution >= 4 is 11.5 Å². The third kappa shape index (κ3) is 16.0. The molecule has 40 heavy (non-hydrogen) atoms. The number of hydrogen-bond acceptors (Lipinski definition) is 4. The van der Waals surface area contributed by atoms with Crippen LogP contribution in [0.1, 0.15) is 94.0 Å². The number of benzene rings is 2. The molecule has 2 aromatic rings. The van der Waals surface area contributed by atoms with Gasteiger partial charge < -0.3 is 14.6 Å². The van der Waals surface area contributed by atoms with Gasteiger partial charge in [0.25, 0.3) is 0 Å². The third-order valence-electron chi connectivity index (χ3n) is 6.66. The molecule has 2 aliphatic rings. The van der Waals surface area contributed by atoms with Gasteiger partial charge in [-0.2, -0.15) is 0 Å². The van der Waals surface area contributed by atoms with Gasteiger partial charge in [0.2, 0.25) is 0 Å². The predicted octanol–water partition coefficient (Wildman–Crippen LogP) is 9.29. The number of allylic oxidation sites excluding steroid dienone is 1. The molecule has 1 radical (unpaired) electrons. The van der Waals surface area contributed by atoms with Crippen molar-refractivity contribution in [3.63, 3.8) is 0 Å². The van der Waals surface area contributed by atoms with Crippen molar-refractivity contribution in [2.45, 2.75) is 84.2 Å². The van der Waals surface area contributed by atoms with Gasteiger partial charge in [0.05, 0.1) is 19.8 Å². The Morgan fingerprint density at radius 2 is 1.48 bits per heavy atom. The number of carbonyl (C=O) groups excluding carboxylic acids is 1. The van der Waals surface area contributed by atoms with Crippen LogP contribution in [0.4, 0.5) is 0 Å². The van der Waals surface area contributed by atoms with E-state index in [9.17, 15) is 9.90 Å². The van der Waals surface area contributed by atoms with E-state index in [1.54, 1.807) is 36.4 Å². The molecule has 4 rings (SSSR count). The maximum atomic E-state index is 11.8. The van der Waals surface area contributed by atoms with E-state index in [-0.39, 0.29) is 28.6 Å². The smallest absolute Gasteiger partial charge is 0.189 e. The van der Waals surface area contributed by atoms with Crippen molar-refractivity contribution < 1.29 is 36.4 Å². The first-order valence-electron chi connectivity index (χ1n) is 14.7. The van der Waals surface area contributed by atoms with Crippen LogP contribution in [0.3, 0.4) is 0 Å². The fraction of sp³-hybridized carbons (Fsp3) is 0.457. The van der Waals surface area contributed by atoms with Crippen LogP contribution in [0.25, 0.3) is 5.76 Å². The van der Waals surface area contributed by atoms with Crippen molar-refractivity contribution in [3.8, 4) is 0 Å². The molecule has 2 aliphatic heterocycles. The first-order valence-corrected chi connectivity index (χ1v) is 14.7. The summed E-state index contributed by atoms with van der Waals surface area (Å²) >= 11 is 0. The number of aliphatic hydroxyl groups is 1. The topological polar surface area (TPSA) is 59.1 Å². The van der Waals surface area contributed by atoms with Gasteiger partial charge in [-0.15, -0.1) is 0 Å². The summed E-state index contributed by atoms with van der Waals surface area (Å²) < 4.78 is 10.3. The number of epoxide rings is 1. The van der Waals surface area contributed by atoms with E-state index in [1.165, 1.54) is 81.4 Å².